The highest BCUT2D eigenvalue weighted by Gasteiger charge is 2.15. The van der Waals surface area contributed by atoms with Crippen LogP contribution in [0.3, 0.4) is 0 Å². The normalized spacial score (nSPS) is 13.6. The van der Waals surface area contributed by atoms with E-state index in [1.54, 1.807) is 17.9 Å². The van der Waals surface area contributed by atoms with E-state index in [1.165, 1.54) is 11.3 Å². The Morgan fingerprint density at radius 1 is 1.36 bits per heavy atom. The predicted molar refractivity (Wildman–Crippen MR) is 85.0 cm³/mol. The highest BCUT2D eigenvalue weighted by Crippen LogP contribution is 2.25. The summed E-state index contributed by atoms with van der Waals surface area (Å²) in [6.45, 7) is 2.41. The first-order valence-corrected chi connectivity index (χ1v) is 7.46. The molecule has 7 nitrogen and oxygen atoms in total. The molecular formula is C15H20N6O. The lowest BCUT2D eigenvalue weighted by Gasteiger charge is -2.31. The monoisotopic (exact) mass is 300 g/mol. The number of carbonyl (C=O) groups is 1. The van der Waals surface area contributed by atoms with Crippen molar-refractivity contribution in [3.8, 4) is 0 Å². The standard InChI is InChI=1S/C15H20N6O/c1-20-11-14(18-19-20)17-15(22)16-8-10-21-9-4-6-12-5-2-3-7-13(12)21/h2-3,5,7,11H,4,6,8-10H2,1H3,(H2,16,17,22). The molecule has 2 amide bonds. The van der Waals surface area contributed by atoms with Crippen LogP contribution in [0.5, 0.6) is 0 Å². The summed E-state index contributed by atoms with van der Waals surface area (Å²) in [6.07, 6.45) is 3.94. The largest absolute Gasteiger partial charge is 0.370 e. The fourth-order valence-electron chi connectivity index (χ4n) is 2.71. The van der Waals surface area contributed by atoms with E-state index in [0.29, 0.717) is 12.4 Å². The summed E-state index contributed by atoms with van der Waals surface area (Å²) < 4.78 is 1.54. The molecule has 7 heteroatoms. The number of para-hydroxylation sites is 1. The van der Waals surface area contributed by atoms with Crippen LogP contribution in [0.4, 0.5) is 16.3 Å². The second-order valence-electron chi connectivity index (χ2n) is 5.38. The second-order valence-corrected chi connectivity index (χ2v) is 5.38. The summed E-state index contributed by atoms with van der Waals surface area (Å²) in [5.41, 5.74) is 2.67. The van der Waals surface area contributed by atoms with Crippen molar-refractivity contribution >= 4 is 17.5 Å². The van der Waals surface area contributed by atoms with Crippen LogP contribution in [-0.2, 0) is 13.5 Å². The number of urea groups is 1. The van der Waals surface area contributed by atoms with E-state index >= 15 is 0 Å². The molecule has 0 saturated carbocycles. The lowest BCUT2D eigenvalue weighted by molar-refractivity contribution is 0.252. The SMILES string of the molecule is Cn1cc(NC(=O)NCCN2CCCc3ccccc32)nn1. The van der Waals surface area contributed by atoms with Crippen LogP contribution >= 0.6 is 0 Å². The Kier molecular flexibility index (Phi) is 4.22. The molecule has 2 heterocycles. The van der Waals surface area contributed by atoms with Crippen molar-refractivity contribution in [2.24, 2.45) is 7.05 Å². The number of benzene rings is 1. The smallest absolute Gasteiger partial charge is 0.320 e. The maximum Gasteiger partial charge on any atom is 0.320 e. The number of carbonyl (C=O) groups excluding carboxylic acids is 1. The summed E-state index contributed by atoms with van der Waals surface area (Å²) in [5, 5.41) is 13.1. The predicted octanol–water partition coefficient (Wildman–Crippen LogP) is 1.39. The highest BCUT2D eigenvalue weighted by molar-refractivity contribution is 5.87. The van der Waals surface area contributed by atoms with Crippen LogP contribution in [0, 0.1) is 0 Å². The van der Waals surface area contributed by atoms with E-state index in [9.17, 15) is 4.79 Å². The van der Waals surface area contributed by atoms with Gasteiger partial charge in [-0.2, -0.15) is 0 Å². The maximum atomic E-state index is 11.8. The molecular weight excluding hydrogens is 280 g/mol. The van der Waals surface area contributed by atoms with E-state index < -0.39 is 0 Å². The zero-order valence-corrected chi connectivity index (χ0v) is 12.6. The third-order valence-electron chi connectivity index (χ3n) is 3.72. The van der Waals surface area contributed by atoms with Crippen LogP contribution in [-0.4, -0.2) is 40.7 Å². The molecule has 0 fully saturated rings. The van der Waals surface area contributed by atoms with E-state index in [4.69, 9.17) is 0 Å². The number of amides is 2. The third-order valence-corrected chi connectivity index (χ3v) is 3.72. The summed E-state index contributed by atoms with van der Waals surface area (Å²) >= 11 is 0. The van der Waals surface area contributed by atoms with Gasteiger partial charge in [-0.1, -0.05) is 23.4 Å². The Balaban J connectivity index is 1.48. The molecule has 0 spiro atoms. The van der Waals surface area contributed by atoms with Gasteiger partial charge in [-0.05, 0) is 24.5 Å². The molecule has 2 N–H and O–H groups in total. The molecule has 0 aliphatic carbocycles. The molecule has 22 heavy (non-hydrogen) atoms. The van der Waals surface area contributed by atoms with Gasteiger partial charge in [-0.25, -0.2) is 4.79 Å². The molecule has 1 aliphatic heterocycles. The van der Waals surface area contributed by atoms with Gasteiger partial charge in [0.15, 0.2) is 5.82 Å². The molecule has 0 radical (unpaired) electrons. The van der Waals surface area contributed by atoms with Gasteiger partial charge in [0, 0.05) is 32.4 Å². The van der Waals surface area contributed by atoms with Crippen molar-refractivity contribution in [3.05, 3.63) is 36.0 Å². The highest BCUT2D eigenvalue weighted by atomic mass is 16.2. The zero-order valence-electron chi connectivity index (χ0n) is 12.6. The van der Waals surface area contributed by atoms with Crippen molar-refractivity contribution < 1.29 is 4.79 Å². The number of hydrogen-bond donors (Lipinski definition) is 2. The van der Waals surface area contributed by atoms with Crippen LogP contribution in [0.15, 0.2) is 30.5 Å². The summed E-state index contributed by atoms with van der Waals surface area (Å²) in [4.78, 5) is 14.1. The van der Waals surface area contributed by atoms with Crippen molar-refractivity contribution in [3.63, 3.8) is 0 Å². The molecule has 1 aromatic heterocycles. The van der Waals surface area contributed by atoms with E-state index in [0.717, 1.165) is 25.9 Å². The number of aromatic nitrogens is 3. The van der Waals surface area contributed by atoms with Crippen molar-refractivity contribution in [1.29, 1.82) is 0 Å². The van der Waals surface area contributed by atoms with Crippen LogP contribution in [0.2, 0.25) is 0 Å². The van der Waals surface area contributed by atoms with Gasteiger partial charge in [-0.3, -0.25) is 10.00 Å². The molecule has 1 aromatic carbocycles. The van der Waals surface area contributed by atoms with E-state index in [2.05, 4.69) is 50.1 Å². The van der Waals surface area contributed by atoms with E-state index in [-0.39, 0.29) is 6.03 Å². The number of nitrogens with zero attached hydrogens (tertiary/aromatic N) is 4. The van der Waals surface area contributed by atoms with Crippen molar-refractivity contribution in [1.82, 2.24) is 20.3 Å². The molecule has 3 rings (SSSR count). The summed E-state index contributed by atoms with van der Waals surface area (Å²) in [5.74, 6) is 0.448. The van der Waals surface area contributed by atoms with Crippen LogP contribution < -0.4 is 15.5 Å². The average molecular weight is 300 g/mol. The fourth-order valence-corrected chi connectivity index (χ4v) is 2.71. The number of rotatable bonds is 4. The van der Waals surface area contributed by atoms with Gasteiger partial charge in [0.05, 0.1) is 6.20 Å². The van der Waals surface area contributed by atoms with Gasteiger partial charge in [-0.15, -0.1) is 5.10 Å². The lowest BCUT2D eigenvalue weighted by Crippen LogP contribution is -2.39. The van der Waals surface area contributed by atoms with Crippen LogP contribution in [0.25, 0.3) is 0 Å². The Bertz CT molecular complexity index is 653. The Labute approximate surface area is 129 Å². The average Bonchev–Trinajstić information content (AvgIpc) is 2.92. The maximum absolute atomic E-state index is 11.8. The van der Waals surface area contributed by atoms with Crippen LogP contribution in [0.1, 0.15) is 12.0 Å². The minimum atomic E-state index is -0.259. The Morgan fingerprint density at radius 2 is 2.23 bits per heavy atom. The number of nitrogens with one attached hydrogen (secondary N) is 2. The van der Waals surface area contributed by atoms with Crippen molar-refractivity contribution in [2.45, 2.75) is 12.8 Å². The fraction of sp³-hybridized carbons (Fsp3) is 0.400. The lowest BCUT2D eigenvalue weighted by atomic mass is 10.0. The Morgan fingerprint density at radius 3 is 3.05 bits per heavy atom. The number of hydrogen-bond acceptors (Lipinski definition) is 4. The van der Waals surface area contributed by atoms with E-state index in [1.807, 2.05) is 0 Å². The van der Waals surface area contributed by atoms with Gasteiger partial charge in [0.2, 0.25) is 0 Å². The quantitative estimate of drug-likeness (QED) is 0.895. The molecule has 0 atom stereocenters. The van der Waals surface area contributed by atoms with Gasteiger partial charge < -0.3 is 10.2 Å². The molecule has 116 valence electrons. The first kappa shape index (κ1) is 14.4. The topological polar surface area (TPSA) is 75.1 Å². The van der Waals surface area contributed by atoms with Gasteiger partial charge in [0.25, 0.3) is 0 Å². The number of aryl methyl sites for hydroxylation is 2. The molecule has 2 aromatic rings. The summed E-state index contributed by atoms with van der Waals surface area (Å²) in [6, 6.07) is 8.20. The third kappa shape index (κ3) is 3.36. The molecule has 0 saturated heterocycles. The second kappa shape index (κ2) is 6.46. The molecule has 0 bridgehead atoms. The van der Waals surface area contributed by atoms with Gasteiger partial charge in [0.1, 0.15) is 0 Å². The molecule has 0 unspecified atom stereocenters. The minimum absolute atomic E-state index is 0.259. The number of anilines is 2. The van der Waals surface area contributed by atoms with Crippen molar-refractivity contribution in [2.75, 3.05) is 29.9 Å². The number of fused-ring (bicyclic) bond motifs is 1. The first-order chi connectivity index (χ1) is 10.7. The first-order valence-electron chi connectivity index (χ1n) is 7.46. The summed E-state index contributed by atoms with van der Waals surface area (Å²) in [7, 11) is 1.75. The molecule has 1 aliphatic rings. The van der Waals surface area contributed by atoms with Gasteiger partial charge >= 0.3 is 6.03 Å². The Hall–Kier alpha value is -2.57. The minimum Gasteiger partial charge on any atom is -0.370 e. The zero-order chi connectivity index (χ0) is 15.4.